The maximum absolute atomic E-state index is 4.31. The summed E-state index contributed by atoms with van der Waals surface area (Å²) in [4.78, 5) is 6.53. The van der Waals surface area contributed by atoms with Crippen LogP contribution < -0.4 is 4.90 Å². The molecule has 1 aromatic carbocycles. The molecular weight excluding hydrogens is 364 g/mol. The molecule has 90 valence electrons. The van der Waals surface area contributed by atoms with E-state index in [1.54, 1.807) is 11.3 Å². The molecule has 0 aliphatic heterocycles. The summed E-state index contributed by atoms with van der Waals surface area (Å²) < 4.78 is 1.11. The van der Waals surface area contributed by atoms with E-state index in [1.807, 2.05) is 5.51 Å². The Balaban J connectivity index is 2.21. The third-order valence-electron chi connectivity index (χ3n) is 2.48. The lowest BCUT2D eigenvalue weighted by Gasteiger charge is -2.21. The molecule has 0 spiro atoms. The highest BCUT2D eigenvalue weighted by Gasteiger charge is 2.08. The molecule has 0 unspecified atom stereocenters. The van der Waals surface area contributed by atoms with E-state index < -0.39 is 0 Å². The first-order chi connectivity index (χ1) is 8.20. The fourth-order valence-electron chi connectivity index (χ4n) is 1.68. The third-order valence-corrected chi connectivity index (χ3v) is 4.21. The molecule has 0 saturated heterocycles. The van der Waals surface area contributed by atoms with Gasteiger partial charge < -0.3 is 4.90 Å². The lowest BCUT2D eigenvalue weighted by atomic mass is 10.2. The van der Waals surface area contributed by atoms with E-state index in [0.29, 0.717) is 0 Å². The van der Waals surface area contributed by atoms with Gasteiger partial charge in [-0.15, -0.1) is 11.3 Å². The summed E-state index contributed by atoms with van der Waals surface area (Å²) in [6.07, 6.45) is 0. The van der Waals surface area contributed by atoms with Crippen LogP contribution in [0.1, 0.15) is 11.3 Å². The molecule has 0 aliphatic carbocycles. The standard InChI is InChI=1S/C12H12Br2N2S/c1-16(6-11-7-17-8-15-11)12-3-2-10(14)4-9(12)5-13/h2-4,7-8H,5-6H2,1H3. The van der Waals surface area contributed by atoms with Crippen molar-refractivity contribution < 1.29 is 0 Å². The van der Waals surface area contributed by atoms with Crippen LogP contribution in [0.25, 0.3) is 0 Å². The number of thiazole rings is 1. The lowest BCUT2D eigenvalue weighted by molar-refractivity contribution is 0.889. The van der Waals surface area contributed by atoms with Gasteiger partial charge in [0.1, 0.15) is 0 Å². The molecule has 0 amide bonds. The van der Waals surface area contributed by atoms with Crippen LogP contribution in [0.5, 0.6) is 0 Å². The summed E-state index contributed by atoms with van der Waals surface area (Å²) in [6.45, 7) is 0.838. The zero-order chi connectivity index (χ0) is 12.3. The maximum Gasteiger partial charge on any atom is 0.0795 e. The van der Waals surface area contributed by atoms with Crippen molar-refractivity contribution in [2.24, 2.45) is 0 Å². The average molecular weight is 376 g/mol. The van der Waals surface area contributed by atoms with Crippen LogP contribution in [0.2, 0.25) is 0 Å². The van der Waals surface area contributed by atoms with Crippen LogP contribution in [-0.2, 0) is 11.9 Å². The lowest BCUT2D eigenvalue weighted by Crippen LogP contribution is -2.17. The normalized spacial score (nSPS) is 10.5. The molecule has 0 atom stereocenters. The van der Waals surface area contributed by atoms with Gasteiger partial charge in [-0.3, -0.25) is 0 Å². The molecule has 0 fully saturated rings. The van der Waals surface area contributed by atoms with Crippen LogP contribution in [-0.4, -0.2) is 12.0 Å². The molecule has 2 rings (SSSR count). The Hall–Kier alpha value is -0.390. The number of hydrogen-bond acceptors (Lipinski definition) is 3. The highest BCUT2D eigenvalue weighted by Crippen LogP contribution is 2.26. The van der Waals surface area contributed by atoms with Crippen molar-refractivity contribution >= 4 is 48.9 Å². The van der Waals surface area contributed by atoms with Crippen molar-refractivity contribution in [2.75, 3.05) is 11.9 Å². The summed E-state index contributed by atoms with van der Waals surface area (Å²) in [5.41, 5.74) is 5.49. The number of halogens is 2. The summed E-state index contributed by atoms with van der Waals surface area (Å²) >= 11 is 8.66. The highest BCUT2D eigenvalue weighted by atomic mass is 79.9. The second kappa shape index (κ2) is 5.98. The van der Waals surface area contributed by atoms with Crippen LogP contribution in [0.15, 0.2) is 33.6 Å². The van der Waals surface area contributed by atoms with Gasteiger partial charge in [0, 0.05) is 27.9 Å². The Morgan fingerprint density at radius 2 is 2.24 bits per heavy atom. The Labute approximate surface area is 122 Å². The van der Waals surface area contributed by atoms with Gasteiger partial charge in [-0.25, -0.2) is 4.98 Å². The summed E-state index contributed by atoms with van der Waals surface area (Å²) in [7, 11) is 2.09. The zero-order valence-electron chi connectivity index (χ0n) is 9.36. The molecule has 0 radical (unpaired) electrons. The van der Waals surface area contributed by atoms with Gasteiger partial charge in [0.15, 0.2) is 0 Å². The van der Waals surface area contributed by atoms with Crippen LogP contribution in [0, 0.1) is 0 Å². The molecule has 1 aromatic heterocycles. The Morgan fingerprint density at radius 1 is 1.41 bits per heavy atom. The van der Waals surface area contributed by atoms with Crippen LogP contribution >= 0.6 is 43.2 Å². The van der Waals surface area contributed by atoms with Crippen molar-refractivity contribution in [1.29, 1.82) is 0 Å². The second-order valence-corrected chi connectivity index (χ2v) is 5.94. The summed E-state index contributed by atoms with van der Waals surface area (Å²) in [5, 5.41) is 2.94. The maximum atomic E-state index is 4.31. The predicted molar refractivity (Wildman–Crippen MR) is 81.0 cm³/mol. The highest BCUT2D eigenvalue weighted by molar-refractivity contribution is 9.10. The van der Waals surface area contributed by atoms with Gasteiger partial charge in [-0.1, -0.05) is 31.9 Å². The monoisotopic (exact) mass is 374 g/mol. The number of rotatable bonds is 4. The molecule has 1 heterocycles. The Bertz CT molecular complexity index is 485. The zero-order valence-corrected chi connectivity index (χ0v) is 13.3. The summed E-state index contributed by atoms with van der Waals surface area (Å²) in [6, 6.07) is 6.34. The van der Waals surface area contributed by atoms with Gasteiger partial charge in [-0.2, -0.15) is 0 Å². The number of anilines is 1. The minimum Gasteiger partial charge on any atom is -0.368 e. The minimum atomic E-state index is 0.838. The van der Waals surface area contributed by atoms with Crippen molar-refractivity contribution in [3.8, 4) is 0 Å². The Kier molecular flexibility index (Phi) is 4.59. The quantitative estimate of drug-likeness (QED) is 0.734. The van der Waals surface area contributed by atoms with E-state index in [9.17, 15) is 0 Å². The first-order valence-corrected chi connectivity index (χ1v) is 7.99. The minimum absolute atomic E-state index is 0.838. The molecule has 0 aliphatic rings. The van der Waals surface area contributed by atoms with E-state index in [-0.39, 0.29) is 0 Å². The number of hydrogen-bond donors (Lipinski definition) is 0. The van der Waals surface area contributed by atoms with Crippen molar-refractivity contribution in [1.82, 2.24) is 4.98 Å². The molecule has 0 bridgehead atoms. The first kappa shape index (κ1) is 13.1. The Morgan fingerprint density at radius 3 is 2.88 bits per heavy atom. The topological polar surface area (TPSA) is 16.1 Å². The third kappa shape index (κ3) is 3.30. The summed E-state index contributed by atoms with van der Waals surface area (Å²) in [5.74, 6) is 0. The van der Waals surface area contributed by atoms with Crippen molar-refractivity contribution in [3.63, 3.8) is 0 Å². The number of benzene rings is 1. The van der Waals surface area contributed by atoms with Crippen molar-refractivity contribution in [3.05, 3.63) is 44.8 Å². The second-order valence-electron chi connectivity index (χ2n) is 3.74. The van der Waals surface area contributed by atoms with E-state index >= 15 is 0 Å². The van der Waals surface area contributed by atoms with Gasteiger partial charge in [0.25, 0.3) is 0 Å². The molecule has 0 saturated carbocycles. The van der Waals surface area contributed by atoms with E-state index in [2.05, 4.69) is 72.4 Å². The average Bonchev–Trinajstić information content (AvgIpc) is 2.81. The molecule has 2 nitrogen and oxygen atoms in total. The fraction of sp³-hybridized carbons (Fsp3) is 0.250. The van der Waals surface area contributed by atoms with E-state index in [0.717, 1.165) is 22.0 Å². The molecule has 2 aromatic rings. The number of nitrogens with zero attached hydrogens (tertiary/aromatic N) is 2. The fourth-order valence-corrected chi connectivity index (χ4v) is 3.08. The van der Waals surface area contributed by atoms with Crippen LogP contribution in [0.4, 0.5) is 5.69 Å². The number of aromatic nitrogens is 1. The van der Waals surface area contributed by atoms with E-state index in [4.69, 9.17) is 0 Å². The van der Waals surface area contributed by atoms with E-state index in [1.165, 1.54) is 11.3 Å². The number of alkyl halides is 1. The SMILES string of the molecule is CN(Cc1cscn1)c1ccc(Br)cc1CBr. The predicted octanol–water partition coefficient (Wildman–Crippen LogP) is 4.44. The van der Waals surface area contributed by atoms with Gasteiger partial charge >= 0.3 is 0 Å². The van der Waals surface area contributed by atoms with Crippen LogP contribution in [0.3, 0.4) is 0 Å². The van der Waals surface area contributed by atoms with Gasteiger partial charge in [0.05, 0.1) is 17.7 Å². The van der Waals surface area contributed by atoms with Crippen molar-refractivity contribution in [2.45, 2.75) is 11.9 Å². The van der Waals surface area contributed by atoms with Gasteiger partial charge in [-0.05, 0) is 23.8 Å². The molecule has 17 heavy (non-hydrogen) atoms. The smallest absolute Gasteiger partial charge is 0.0795 e. The largest absolute Gasteiger partial charge is 0.368 e. The van der Waals surface area contributed by atoms with Gasteiger partial charge in [0.2, 0.25) is 0 Å². The first-order valence-electron chi connectivity index (χ1n) is 5.13. The molecule has 0 N–H and O–H groups in total. The molecule has 5 heteroatoms. The molecular formula is C12H12Br2N2S.